The second kappa shape index (κ2) is 4.48. The number of aliphatic hydroxyl groups excluding tert-OH is 1. The highest BCUT2D eigenvalue weighted by Gasteiger charge is 2.09. The van der Waals surface area contributed by atoms with Gasteiger partial charge in [-0.05, 0) is 18.9 Å². The molecule has 0 heterocycles. The Bertz CT molecular complexity index is 221. The van der Waals surface area contributed by atoms with E-state index in [0.29, 0.717) is 6.42 Å². The molecule has 0 fully saturated rings. The Labute approximate surface area is 78.0 Å². The van der Waals surface area contributed by atoms with E-state index in [-0.39, 0.29) is 5.38 Å². The van der Waals surface area contributed by atoms with Crippen LogP contribution in [-0.4, -0.2) is 10.5 Å². The molecule has 1 rings (SSSR count). The standard InChI is InChI=1S/C10H13ClO/c1-8(11)7-10(12)9-5-3-2-4-6-9/h2-6,8,10,12H,7H2,1H3. The summed E-state index contributed by atoms with van der Waals surface area (Å²) >= 11 is 5.76. The van der Waals surface area contributed by atoms with E-state index in [4.69, 9.17) is 11.6 Å². The largest absolute Gasteiger partial charge is 0.388 e. The summed E-state index contributed by atoms with van der Waals surface area (Å²) in [6, 6.07) is 9.57. The van der Waals surface area contributed by atoms with Crippen LogP contribution in [0.5, 0.6) is 0 Å². The van der Waals surface area contributed by atoms with Gasteiger partial charge in [0, 0.05) is 5.38 Å². The molecule has 1 aromatic carbocycles. The van der Waals surface area contributed by atoms with Gasteiger partial charge in [-0.25, -0.2) is 0 Å². The molecular formula is C10H13ClO. The van der Waals surface area contributed by atoms with E-state index in [1.807, 2.05) is 37.3 Å². The summed E-state index contributed by atoms with van der Waals surface area (Å²) < 4.78 is 0. The van der Waals surface area contributed by atoms with E-state index in [2.05, 4.69) is 0 Å². The van der Waals surface area contributed by atoms with Gasteiger partial charge in [0.1, 0.15) is 0 Å². The van der Waals surface area contributed by atoms with Crippen molar-refractivity contribution in [2.45, 2.75) is 24.8 Å². The van der Waals surface area contributed by atoms with Gasteiger partial charge < -0.3 is 5.11 Å². The van der Waals surface area contributed by atoms with Crippen LogP contribution in [0, 0.1) is 0 Å². The Balaban J connectivity index is 2.59. The quantitative estimate of drug-likeness (QED) is 0.717. The van der Waals surface area contributed by atoms with Crippen molar-refractivity contribution in [3.8, 4) is 0 Å². The summed E-state index contributed by atoms with van der Waals surface area (Å²) in [4.78, 5) is 0. The molecule has 0 saturated carbocycles. The van der Waals surface area contributed by atoms with Gasteiger partial charge in [0.2, 0.25) is 0 Å². The van der Waals surface area contributed by atoms with E-state index in [1.165, 1.54) is 0 Å². The van der Waals surface area contributed by atoms with Crippen molar-refractivity contribution < 1.29 is 5.11 Å². The molecule has 0 aromatic heterocycles. The molecule has 12 heavy (non-hydrogen) atoms. The van der Waals surface area contributed by atoms with E-state index >= 15 is 0 Å². The van der Waals surface area contributed by atoms with Crippen molar-refractivity contribution in [1.29, 1.82) is 0 Å². The van der Waals surface area contributed by atoms with Crippen molar-refractivity contribution in [2.24, 2.45) is 0 Å². The minimum atomic E-state index is -0.432. The Morgan fingerprint density at radius 2 is 1.92 bits per heavy atom. The Morgan fingerprint density at radius 3 is 2.42 bits per heavy atom. The van der Waals surface area contributed by atoms with Crippen molar-refractivity contribution >= 4 is 11.6 Å². The lowest BCUT2D eigenvalue weighted by atomic mass is 10.1. The van der Waals surface area contributed by atoms with Gasteiger partial charge in [0.15, 0.2) is 0 Å². The molecule has 1 nitrogen and oxygen atoms in total. The monoisotopic (exact) mass is 184 g/mol. The lowest BCUT2D eigenvalue weighted by Crippen LogP contribution is -2.03. The Morgan fingerprint density at radius 1 is 1.33 bits per heavy atom. The minimum Gasteiger partial charge on any atom is -0.388 e. The molecule has 2 heteroatoms. The predicted molar refractivity (Wildman–Crippen MR) is 51.3 cm³/mol. The number of alkyl halides is 1. The normalized spacial score (nSPS) is 15.6. The molecule has 2 atom stereocenters. The van der Waals surface area contributed by atoms with Gasteiger partial charge in [0.05, 0.1) is 6.10 Å². The highest BCUT2D eigenvalue weighted by Crippen LogP contribution is 2.19. The second-order valence-corrected chi connectivity index (χ2v) is 3.69. The number of hydrogen-bond acceptors (Lipinski definition) is 1. The molecule has 0 spiro atoms. The fourth-order valence-electron chi connectivity index (χ4n) is 1.12. The van der Waals surface area contributed by atoms with Gasteiger partial charge in [-0.2, -0.15) is 0 Å². The fourth-order valence-corrected chi connectivity index (χ4v) is 1.29. The van der Waals surface area contributed by atoms with Crippen molar-refractivity contribution in [1.82, 2.24) is 0 Å². The number of hydrogen-bond donors (Lipinski definition) is 1. The first-order chi connectivity index (χ1) is 5.70. The van der Waals surface area contributed by atoms with Gasteiger partial charge in [-0.1, -0.05) is 30.3 Å². The van der Waals surface area contributed by atoms with Crippen LogP contribution in [0.3, 0.4) is 0 Å². The Kier molecular flexibility index (Phi) is 3.57. The molecule has 0 aliphatic rings. The van der Waals surface area contributed by atoms with Gasteiger partial charge in [0.25, 0.3) is 0 Å². The van der Waals surface area contributed by atoms with Crippen molar-refractivity contribution in [2.75, 3.05) is 0 Å². The molecule has 1 aromatic rings. The van der Waals surface area contributed by atoms with Gasteiger partial charge in [-0.3, -0.25) is 0 Å². The van der Waals surface area contributed by atoms with Crippen molar-refractivity contribution in [3.05, 3.63) is 35.9 Å². The zero-order valence-corrected chi connectivity index (χ0v) is 7.83. The maximum Gasteiger partial charge on any atom is 0.0804 e. The number of benzene rings is 1. The van der Waals surface area contributed by atoms with Crippen LogP contribution in [0.2, 0.25) is 0 Å². The molecule has 0 radical (unpaired) electrons. The van der Waals surface area contributed by atoms with Crippen LogP contribution in [-0.2, 0) is 0 Å². The lowest BCUT2D eigenvalue weighted by molar-refractivity contribution is 0.167. The number of halogens is 1. The fraction of sp³-hybridized carbons (Fsp3) is 0.400. The lowest BCUT2D eigenvalue weighted by Gasteiger charge is -2.11. The maximum absolute atomic E-state index is 9.61. The average molecular weight is 185 g/mol. The molecule has 0 saturated heterocycles. The molecule has 0 aliphatic carbocycles. The van der Waals surface area contributed by atoms with E-state index in [9.17, 15) is 5.11 Å². The molecule has 2 unspecified atom stereocenters. The van der Waals surface area contributed by atoms with Crippen LogP contribution in [0.4, 0.5) is 0 Å². The minimum absolute atomic E-state index is 0.0141. The first-order valence-electron chi connectivity index (χ1n) is 4.07. The first-order valence-corrected chi connectivity index (χ1v) is 4.51. The highest BCUT2D eigenvalue weighted by molar-refractivity contribution is 6.20. The third kappa shape index (κ3) is 2.84. The van der Waals surface area contributed by atoms with Crippen LogP contribution in [0.25, 0.3) is 0 Å². The van der Waals surface area contributed by atoms with Crippen LogP contribution in [0.15, 0.2) is 30.3 Å². The van der Waals surface area contributed by atoms with E-state index in [0.717, 1.165) is 5.56 Å². The summed E-state index contributed by atoms with van der Waals surface area (Å²) in [6.07, 6.45) is 0.171. The molecule has 0 aliphatic heterocycles. The predicted octanol–water partition coefficient (Wildman–Crippen LogP) is 2.74. The number of rotatable bonds is 3. The molecule has 0 amide bonds. The molecule has 66 valence electrons. The van der Waals surface area contributed by atoms with E-state index < -0.39 is 6.10 Å². The topological polar surface area (TPSA) is 20.2 Å². The number of aliphatic hydroxyl groups is 1. The summed E-state index contributed by atoms with van der Waals surface area (Å²) in [6.45, 7) is 1.88. The maximum atomic E-state index is 9.61. The van der Waals surface area contributed by atoms with Gasteiger partial charge in [-0.15, -0.1) is 11.6 Å². The smallest absolute Gasteiger partial charge is 0.0804 e. The molecule has 0 bridgehead atoms. The van der Waals surface area contributed by atoms with Crippen molar-refractivity contribution in [3.63, 3.8) is 0 Å². The Hall–Kier alpha value is -0.530. The van der Waals surface area contributed by atoms with Crippen LogP contribution >= 0.6 is 11.6 Å². The van der Waals surface area contributed by atoms with Crippen LogP contribution in [0.1, 0.15) is 25.0 Å². The summed E-state index contributed by atoms with van der Waals surface area (Å²) in [5.74, 6) is 0. The first kappa shape index (κ1) is 9.56. The van der Waals surface area contributed by atoms with Crippen LogP contribution < -0.4 is 0 Å². The zero-order valence-electron chi connectivity index (χ0n) is 7.07. The summed E-state index contributed by atoms with van der Waals surface area (Å²) in [5.41, 5.74) is 0.935. The third-order valence-electron chi connectivity index (χ3n) is 1.73. The summed E-state index contributed by atoms with van der Waals surface area (Å²) in [7, 11) is 0. The molecule has 1 N–H and O–H groups in total. The SMILES string of the molecule is CC(Cl)CC(O)c1ccccc1. The zero-order chi connectivity index (χ0) is 8.97. The molecular weight excluding hydrogens is 172 g/mol. The van der Waals surface area contributed by atoms with E-state index in [1.54, 1.807) is 0 Å². The third-order valence-corrected chi connectivity index (χ3v) is 1.91. The summed E-state index contributed by atoms with van der Waals surface area (Å²) in [5, 5.41) is 9.62. The average Bonchev–Trinajstić information content (AvgIpc) is 2.05. The highest BCUT2D eigenvalue weighted by atomic mass is 35.5. The second-order valence-electron chi connectivity index (χ2n) is 2.94. The van der Waals surface area contributed by atoms with Gasteiger partial charge >= 0.3 is 0 Å².